The minimum absolute atomic E-state index is 0.0789. The van der Waals surface area contributed by atoms with E-state index in [0.29, 0.717) is 10.8 Å². The first-order valence-electron chi connectivity index (χ1n) is 7.84. The van der Waals surface area contributed by atoms with Crippen LogP contribution in [0.25, 0.3) is 0 Å². The number of nitrogens with one attached hydrogen (secondary N) is 2. The first-order chi connectivity index (χ1) is 13.3. The van der Waals surface area contributed by atoms with E-state index in [1.165, 1.54) is 30.5 Å². The molecule has 0 saturated heterocycles. The Kier molecular flexibility index (Phi) is 6.04. The highest BCUT2D eigenvalue weighted by Gasteiger charge is 2.18. The predicted octanol–water partition coefficient (Wildman–Crippen LogP) is 4.46. The van der Waals surface area contributed by atoms with Gasteiger partial charge in [-0.3, -0.25) is 4.79 Å². The minimum atomic E-state index is -3.97. The number of halogens is 3. The Morgan fingerprint density at radius 3 is 2.54 bits per heavy atom. The number of hydrogen-bond acceptors (Lipinski definition) is 4. The zero-order valence-corrected chi connectivity index (χ0v) is 16.4. The molecule has 10 heteroatoms. The third-order valence-electron chi connectivity index (χ3n) is 3.69. The molecule has 146 valence electrons. The van der Waals surface area contributed by atoms with Crippen molar-refractivity contribution in [2.75, 3.05) is 5.32 Å². The van der Waals surface area contributed by atoms with Crippen LogP contribution >= 0.6 is 23.2 Å². The molecule has 0 fully saturated rings. The van der Waals surface area contributed by atoms with E-state index in [9.17, 15) is 17.6 Å². The molecule has 0 bridgehead atoms. The Morgan fingerprint density at radius 1 is 1.11 bits per heavy atom. The summed E-state index contributed by atoms with van der Waals surface area (Å²) in [5, 5.41) is 2.80. The van der Waals surface area contributed by atoms with Gasteiger partial charge in [0.15, 0.2) is 0 Å². The molecule has 1 heterocycles. The van der Waals surface area contributed by atoms with Gasteiger partial charge >= 0.3 is 0 Å². The van der Waals surface area contributed by atoms with Crippen LogP contribution in [0, 0.1) is 5.82 Å². The molecule has 6 nitrogen and oxygen atoms in total. The minimum Gasteiger partial charge on any atom is -0.468 e. The Labute approximate surface area is 170 Å². The van der Waals surface area contributed by atoms with E-state index in [-0.39, 0.29) is 27.7 Å². The second-order valence-electron chi connectivity index (χ2n) is 5.62. The number of benzene rings is 2. The Morgan fingerprint density at radius 2 is 1.89 bits per heavy atom. The molecule has 0 aliphatic rings. The van der Waals surface area contributed by atoms with Gasteiger partial charge < -0.3 is 9.73 Å². The third kappa shape index (κ3) is 4.71. The first-order valence-corrected chi connectivity index (χ1v) is 10.1. The van der Waals surface area contributed by atoms with Crippen LogP contribution < -0.4 is 10.0 Å². The maximum Gasteiger partial charge on any atom is 0.257 e. The number of furan rings is 1. The van der Waals surface area contributed by atoms with Crippen molar-refractivity contribution < 1.29 is 22.0 Å². The lowest BCUT2D eigenvalue weighted by Crippen LogP contribution is -2.23. The molecule has 1 aromatic heterocycles. The van der Waals surface area contributed by atoms with Crippen molar-refractivity contribution in [3.63, 3.8) is 0 Å². The fourth-order valence-electron chi connectivity index (χ4n) is 2.29. The van der Waals surface area contributed by atoms with E-state index in [1.807, 2.05) is 0 Å². The molecule has 3 aromatic rings. The summed E-state index contributed by atoms with van der Waals surface area (Å²) >= 11 is 11.7. The summed E-state index contributed by atoms with van der Waals surface area (Å²) in [5.41, 5.74) is -0.0942. The highest BCUT2D eigenvalue weighted by molar-refractivity contribution is 7.89. The second-order valence-corrected chi connectivity index (χ2v) is 8.23. The third-order valence-corrected chi connectivity index (χ3v) is 5.64. The zero-order valence-electron chi connectivity index (χ0n) is 14.1. The SMILES string of the molecule is O=C(Nc1ccc(S(=O)(=O)NCc2ccco2)cc1F)c1ccc(Cl)cc1Cl. The first kappa shape index (κ1) is 20.3. The van der Waals surface area contributed by atoms with E-state index in [1.54, 1.807) is 12.1 Å². The van der Waals surface area contributed by atoms with Crippen molar-refractivity contribution in [2.45, 2.75) is 11.4 Å². The van der Waals surface area contributed by atoms with E-state index in [2.05, 4.69) is 10.0 Å². The number of rotatable bonds is 6. The maximum atomic E-state index is 14.4. The molecule has 1 amide bonds. The summed E-state index contributed by atoms with van der Waals surface area (Å²) in [7, 11) is -3.97. The second kappa shape index (κ2) is 8.32. The van der Waals surface area contributed by atoms with Gasteiger partial charge in [-0.2, -0.15) is 0 Å². The fourth-order valence-corrected chi connectivity index (χ4v) is 3.79. The molecule has 2 aromatic carbocycles. The summed E-state index contributed by atoms with van der Waals surface area (Å²) in [6, 6.07) is 10.6. The van der Waals surface area contributed by atoms with Gasteiger partial charge in [0, 0.05) is 5.02 Å². The number of carbonyl (C=O) groups is 1. The zero-order chi connectivity index (χ0) is 20.3. The molecule has 2 N–H and O–H groups in total. The number of carbonyl (C=O) groups excluding carboxylic acids is 1. The standard InChI is InChI=1S/C18H13Cl2FN2O4S/c19-11-3-5-14(15(20)8-11)18(24)23-17-6-4-13(9-16(17)21)28(25,26)22-10-12-2-1-7-27-12/h1-9,22H,10H2,(H,23,24). The number of sulfonamides is 1. The lowest BCUT2D eigenvalue weighted by molar-refractivity contribution is 0.102. The van der Waals surface area contributed by atoms with Crippen molar-refractivity contribution in [1.82, 2.24) is 4.72 Å². The molecule has 0 saturated carbocycles. The van der Waals surface area contributed by atoms with Gasteiger partial charge in [0.1, 0.15) is 11.6 Å². The van der Waals surface area contributed by atoms with Crippen LogP contribution in [0.1, 0.15) is 16.1 Å². The van der Waals surface area contributed by atoms with Crippen LogP contribution in [0.2, 0.25) is 10.0 Å². The highest BCUT2D eigenvalue weighted by atomic mass is 35.5. The Bertz CT molecular complexity index is 1120. The quantitative estimate of drug-likeness (QED) is 0.589. The topological polar surface area (TPSA) is 88.4 Å². The van der Waals surface area contributed by atoms with Gasteiger partial charge in [-0.05, 0) is 48.5 Å². The summed E-state index contributed by atoms with van der Waals surface area (Å²) in [4.78, 5) is 12.0. The summed E-state index contributed by atoms with van der Waals surface area (Å²) in [5.74, 6) is -1.17. The summed E-state index contributed by atoms with van der Waals surface area (Å²) in [6.07, 6.45) is 1.41. The van der Waals surface area contributed by atoms with Crippen molar-refractivity contribution >= 4 is 44.8 Å². The van der Waals surface area contributed by atoms with E-state index < -0.39 is 21.7 Å². The molecule has 0 spiro atoms. The van der Waals surface area contributed by atoms with Crippen LogP contribution in [-0.2, 0) is 16.6 Å². The molecule has 0 aliphatic heterocycles. The fraction of sp³-hybridized carbons (Fsp3) is 0.0556. The van der Waals surface area contributed by atoms with Gasteiger partial charge in [0.2, 0.25) is 10.0 Å². The van der Waals surface area contributed by atoms with E-state index in [0.717, 1.165) is 12.1 Å². The average Bonchev–Trinajstić information content (AvgIpc) is 3.15. The van der Waals surface area contributed by atoms with Gasteiger partial charge in [-0.25, -0.2) is 17.5 Å². The number of amides is 1. The van der Waals surface area contributed by atoms with E-state index in [4.69, 9.17) is 27.6 Å². The molecule has 0 radical (unpaired) electrons. The van der Waals surface area contributed by atoms with Crippen LogP contribution in [0.15, 0.2) is 64.1 Å². The summed E-state index contributed by atoms with van der Waals surface area (Å²) in [6.45, 7) is -0.0789. The largest absolute Gasteiger partial charge is 0.468 e. The molecule has 0 aliphatic carbocycles. The average molecular weight is 443 g/mol. The van der Waals surface area contributed by atoms with Crippen LogP contribution in [0.3, 0.4) is 0 Å². The molecule has 0 unspecified atom stereocenters. The van der Waals surface area contributed by atoms with Crippen molar-refractivity contribution in [2.24, 2.45) is 0 Å². The smallest absolute Gasteiger partial charge is 0.257 e. The Hall–Kier alpha value is -2.39. The monoisotopic (exact) mass is 442 g/mol. The van der Waals surface area contributed by atoms with Gasteiger partial charge in [-0.15, -0.1) is 0 Å². The van der Waals surface area contributed by atoms with Crippen LogP contribution in [-0.4, -0.2) is 14.3 Å². The van der Waals surface area contributed by atoms with E-state index >= 15 is 0 Å². The maximum absolute atomic E-state index is 14.4. The molecular weight excluding hydrogens is 430 g/mol. The number of hydrogen-bond donors (Lipinski definition) is 2. The normalized spacial score (nSPS) is 11.4. The number of anilines is 1. The van der Waals surface area contributed by atoms with Crippen molar-refractivity contribution in [3.05, 3.63) is 82.0 Å². The lowest BCUT2D eigenvalue weighted by Gasteiger charge is -2.10. The predicted molar refractivity (Wildman–Crippen MR) is 104 cm³/mol. The molecular formula is C18H13Cl2FN2O4S. The van der Waals surface area contributed by atoms with Gasteiger partial charge in [-0.1, -0.05) is 23.2 Å². The molecule has 28 heavy (non-hydrogen) atoms. The highest BCUT2D eigenvalue weighted by Crippen LogP contribution is 2.24. The summed E-state index contributed by atoms with van der Waals surface area (Å²) < 4.78 is 46.2. The van der Waals surface area contributed by atoms with Crippen molar-refractivity contribution in [1.29, 1.82) is 0 Å². The Balaban J connectivity index is 1.75. The molecule has 0 atom stereocenters. The van der Waals surface area contributed by atoms with Crippen LogP contribution in [0.5, 0.6) is 0 Å². The lowest BCUT2D eigenvalue weighted by atomic mass is 10.2. The van der Waals surface area contributed by atoms with Crippen LogP contribution in [0.4, 0.5) is 10.1 Å². The van der Waals surface area contributed by atoms with Gasteiger partial charge in [0.25, 0.3) is 5.91 Å². The van der Waals surface area contributed by atoms with Crippen molar-refractivity contribution in [3.8, 4) is 0 Å². The molecule has 3 rings (SSSR count). The van der Waals surface area contributed by atoms with Gasteiger partial charge in [0.05, 0.1) is 34.0 Å².